The molecular formula is C19H10F2N2O3. The molecule has 0 atom stereocenters. The molecule has 0 aliphatic carbocycles. The van der Waals surface area contributed by atoms with Crippen LogP contribution >= 0.6 is 0 Å². The highest BCUT2D eigenvalue weighted by atomic mass is 19.1. The third-order valence-corrected chi connectivity index (χ3v) is 3.72. The number of ketones is 1. The Kier molecular flexibility index (Phi) is 4.33. The van der Waals surface area contributed by atoms with E-state index in [1.54, 1.807) is 6.07 Å². The molecule has 0 spiro atoms. The minimum Gasteiger partial charge on any atom is -0.507 e. The zero-order valence-electron chi connectivity index (χ0n) is 13.1. The molecule has 0 saturated heterocycles. The van der Waals surface area contributed by atoms with Crippen molar-refractivity contribution in [1.29, 1.82) is 5.26 Å². The number of nitriles is 1. The lowest BCUT2D eigenvalue weighted by Gasteiger charge is -2.10. The number of para-hydroxylation sites is 1. The van der Waals surface area contributed by atoms with E-state index in [2.05, 4.69) is 0 Å². The fourth-order valence-electron chi connectivity index (χ4n) is 2.46. The molecule has 3 rings (SSSR count). The zero-order valence-corrected chi connectivity index (χ0v) is 13.1. The highest BCUT2D eigenvalue weighted by Crippen LogP contribution is 2.22. The Morgan fingerprint density at radius 2 is 1.85 bits per heavy atom. The third kappa shape index (κ3) is 2.96. The van der Waals surface area contributed by atoms with E-state index in [0.717, 1.165) is 41.1 Å². The van der Waals surface area contributed by atoms with Crippen molar-refractivity contribution in [1.82, 2.24) is 4.57 Å². The summed E-state index contributed by atoms with van der Waals surface area (Å²) in [4.78, 5) is 25.0. The predicted octanol–water partition coefficient (Wildman–Crippen LogP) is 2.92. The molecule has 1 heterocycles. The minimum absolute atomic E-state index is 0.146. The average Bonchev–Trinajstić information content (AvgIpc) is 2.64. The Bertz CT molecular complexity index is 1130. The van der Waals surface area contributed by atoms with Gasteiger partial charge >= 0.3 is 0 Å². The normalized spacial score (nSPS) is 10.3. The fourth-order valence-corrected chi connectivity index (χ4v) is 2.46. The van der Waals surface area contributed by atoms with Crippen LogP contribution < -0.4 is 5.56 Å². The second kappa shape index (κ2) is 6.61. The van der Waals surface area contributed by atoms with E-state index in [1.807, 2.05) is 0 Å². The van der Waals surface area contributed by atoms with E-state index in [-0.39, 0.29) is 16.8 Å². The number of aromatic nitrogens is 1. The van der Waals surface area contributed by atoms with Crippen molar-refractivity contribution in [2.45, 2.75) is 0 Å². The van der Waals surface area contributed by atoms with Crippen molar-refractivity contribution >= 4 is 5.78 Å². The summed E-state index contributed by atoms with van der Waals surface area (Å²) in [6.45, 7) is 0. The molecule has 0 radical (unpaired) electrons. The number of rotatable bonds is 3. The number of benzene rings is 2. The van der Waals surface area contributed by atoms with Crippen molar-refractivity contribution in [3.8, 4) is 17.5 Å². The van der Waals surface area contributed by atoms with Crippen molar-refractivity contribution in [3.05, 3.63) is 93.4 Å². The molecule has 5 nitrogen and oxygen atoms in total. The van der Waals surface area contributed by atoms with Gasteiger partial charge in [0.15, 0.2) is 5.78 Å². The standard InChI is InChI=1S/C19H10F2N2O3/c20-13-5-6-17(24)14(8-13)18(25)12-7-11(9-22)19(26)23(10-12)16-4-2-1-3-15(16)21/h1-8,10,24H. The third-order valence-electron chi connectivity index (χ3n) is 3.72. The predicted molar refractivity (Wildman–Crippen MR) is 88.2 cm³/mol. The number of phenolic OH excluding ortho intramolecular Hbond substituents is 1. The minimum atomic E-state index is -0.816. The van der Waals surface area contributed by atoms with E-state index in [4.69, 9.17) is 5.26 Å². The van der Waals surface area contributed by atoms with Crippen LogP contribution in [0.15, 0.2) is 59.5 Å². The van der Waals surface area contributed by atoms with E-state index < -0.39 is 34.3 Å². The molecule has 0 saturated carbocycles. The maximum absolute atomic E-state index is 14.0. The lowest BCUT2D eigenvalue weighted by Crippen LogP contribution is -2.23. The van der Waals surface area contributed by atoms with E-state index in [9.17, 15) is 23.5 Å². The SMILES string of the molecule is N#Cc1cc(C(=O)c2cc(F)ccc2O)cn(-c2ccccc2F)c1=O. The van der Waals surface area contributed by atoms with Gasteiger partial charge in [-0.1, -0.05) is 12.1 Å². The maximum atomic E-state index is 14.0. The van der Waals surface area contributed by atoms with Gasteiger partial charge in [-0.05, 0) is 36.4 Å². The van der Waals surface area contributed by atoms with Gasteiger partial charge in [0.05, 0.1) is 11.3 Å². The number of carbonyl (C=O) groups is 1. The highest BCUT2D eigenvalue weighted by molar-refractivity contribution is 6.10. The largest absolute Gasteiger partial charge is 0.507 e. The molecule has 7 heteroatoms. The summed E-state index contributed by atoms with van der Waals surface area (Å²) in [5, 5.41) is 19.0. The maximum Gasteiger partial charge on any atom is 0.273 e. The average molecular weight is 352 g/mol. The number of aromatic hydroxyl groups is 1. The van der Waals surface area contributed by atoms with Crippen molar-refractivity contribution in [2.75, 3.05) is 0 Å². The molecule has 1 N–H and O–H groups in total. The van der Waals surface area contributed by atoms with Gasteiger partial charge in [0, 0.05) is 11.8 Å². The first-order valence-corrected chi connectivity index (χ1v) is 7.37. The number of carbonyl (C=O) groups excluding carboxylic acids is 1. The number of nitrogens with zero attached hydrogens (tertiary/aromatic N) is 2. The van der Waals surface area contributed by atoms with Gasteiger partial charge in [0.25, 0.3) is 5.56 Å². The van der Waals surface area contributed by atoms with Crippen LogP contribution in [0.5, 0.6) is 5.75 Å². The van der Waals surface area contributed by atoms with Crippen LogP contribution in [0.4, 0.5) is 8.78 Å². The van der Waals surface area contributed by atoms with Gasteiger partial charge in [-0.25, -0.2) is 8.78 Å². The van der Waals surface area contributed by atoms with Gasteiger partial charge in [-0.2, -0.15) is 5.26 Å². The molecule has 1 aromatic heterocycles. The Labute approximate surface area is 146 Å². The van der Waals surface area contributed by atoms with Crippen molar-refractivity contribution in [2.24, 2.45) is 0 Å². The summed E-state index contributed by atoms with van der Waals surface area (Å²) in [5.74, 6) is -2.74. The molecule has 0 fully saturated rings. The fraction of sp³-hybridized carbons (Fsp3) is 0. The van der Waals surface area contributed by atoms with Gasteiger partial charge in [-0.3, -0.25) is 14.2 Å². The zero-order chi connectivity index (χ0) is 18.8. The Morgan fingerprint density at radius 1 is 1.12 bits per heavy atom. The van der Waals surface area contributed by atoms with Crippen molar-refractivity contribution < 1.29 is 18.7 Å². The summed E-state index contributed by atoms with van der Waals surface area (Å²) in [6.07, 6.45) is 1.05. The monoisotopic (exact) mass is 352 g/mol. The topological polar surface area (TPSA) is 83.1 Å². The van der Waals surface area contributed by atoms with E-state index in [1.165, 1.54) is 18.2 Å². The molecule has 2 aromatic carbocycles. The first kappa shape index (κ1) is 17.0. The first-order valence-electron chi connectivity index (χ1n) is 7.37. The van der Waals surface area contributed by atoms with Gasteiger partial charge < -0.3 is 5.11 Å². The second-order valence-electron chi connectivity index (χ2n) is 5.37. The number of halogens is 2. The quantitative estimate of drug-likeness (QED) is 0.735. The summed E-state index contributed by atoms with van der Waals surface area (Å²) in [5.41, 5.74) is -1.86. The molecule has 0 bridgehead atoms. The molecule has 26 heavy (non-hydrogen) atoms. The number of phenols is 1. The molecule has 0 aliphatic heterocycles. The van der Waals surface area contributed by atoms with Gasteiger partial charge in [0.2, 0.25) is 0 Å². The van der Waals surface area contributed by atoms with Crippen LogP contribution in [0, 0.1) is 23.0 Å². The molecule has 3 aromatic rings. The number of hydrogen-bond donors (Lipinski definition) is 1. The Balaban J connectivity index is 2.24. The van der Waals surface area contributed by atoms with Gasteiger partial charge in [0.1, 0.15) is 29.0 Å². The van der Waals surface area contributed by atoms with E-state index >= 15 is 0 Å². The Hall–Kier alpha value is -3.79. The van der Waals surface area contributed by atoms with Crippen LogP contribution in [-0.4, -0.2) is 15.5 Å². The molecular weight excluding hydrogens is 342 g/mol. The number of pyridine rings is 1. The van der Waals surface area contributed by atoms with Gasteiger partial charge in [-0.15, -0.1) is 0 Å². The number of hydrogen-bond acceptors (Lipinski definition) is 4. The molecule has 0 aliphatic rings. The van der Waals surface area contributed by atoms with Crippen LogP contribution in [0.25, 0.3) is 5.69 Å². The van der Waals surface area contributed by atoms with Crippen LogP contribution in [0.1, 0.15) is 21.5 Å². The Morgan fingerprint density at radius 3 is 2.54 bits per heavy atom. The van der Waals surface area contributed by atoms with Crippen LogP contribution in [0.2, 0.25) is 0 Å². The molecule has 0 unspecified atom stereocenters. The van der Waals surface area contributed by atoms with E-state index in [0.29, 0.717) is 0 Å². The lowest BCUT2D eigenvalue weighted by molar-refractivity contribution is 0.103. The second-order valence-corrected chi connectivity index (χ2v) is 5.37. The smallest absolute Gasteiger partial charge is 0.273 e. The summed E-state index contributed by atoms with van der Waals surface area (Å²) < 4.78 is 28.3. The highest BCUT2D eigenvalue weighted by Gasteiger charge is 2.19. The van der Waals surface area contributed by atoms with Crippen LogP contribution in [-0.2, 0) is 0 Å². The summed E-state index contributed by atoms with van der Waals surface area (Å²) in [7, 11) is 0. The first-order chi connectivity index (χ1) is 12.4. The summed E-state index contributed by atoms with van der Waals surface area (Å²) >= 11 is 0. The summed E-state index contributed by atoms with van der Waals surface area (Å²) in [6, 6.07) is 10.9. The molecule has 0 amide bonds. The lowest BCUT2D eigenvalue weighted by atomic mass is 10.0. The van der Waals surface area contributed by atoms with Crippen LogP contribution in [0.3, 0.4) is 0 Å². The molecule has 128 valence electrons. The van der Waals surface area contributed by atoms with Crippen molar-refractivity contribution in [3.63, 3.8) is 0 Å².